The number of rotatable bonds is 2. The second-order valence-electron chi connectivity index (χ2n) is 5.64. The second kappa shape index (κ2) is 6.39. The van der Waals surface area contributed by atoms with Crippen molar-refractivity contribution in [2.75, 3.05) is 20.6 Å². The SMILES string of the molecule is CN(C)/C=C1\CN=C(c2ccccc2Cl)c2ccccc2C1=O. The molecule has 3 rings (SSSR count). The Balaban J connectivity index is 2.22. The Morgan fingerprint density at radius 2 is 1.61 bits per heavy atom. The van der Waals surface area contributed by atoms with Gasteiger partial charge in [0.25, 0.3) is 0 Å². The fourth-order valence-corrected chi connectivity index (χ4v) is 2.90. The number of carbonyl (C=O) groups excluding carboxylic acids is 1. The molecule has 0 amide bonds. The third kappa shape index (κ3) is 3.06. The minimum absolute atomic E-state index is 0.0140. The van der Waals surface area contributed by atoms with Crippen molar-refractivity contribution in [1.29, 1.82) is 0 Å². The van der Waals surface area contributed by atoms with Crippen molar-refractivity contribution in [3.8, 4) is 0 Å². The molecule has 2 aromatic rings. The highest BCUT2D eigenvalue weighted by atomic mass is 35.5. The fraction of sp³-hybridized carbons (Fsp3) is 0.158. The maximum absolute atomic E-state index is 12.8. The average Bonchev–Trinajstić information content (AvgIpc) is 2.67. The van der Waals surface area contributed by atoms with Crippen molar-refractivity contribution in [1.82, 2.24) is 4.90 Å². The van der Waals surface area contributed by atoms with Gasteiger partial charge in [-0.2, -0.15) is 0 Å². The summed E-state index contributed by atoms with van der Waals surface area (Å²) < 4.78 is 0. The summed E-state index contributed by atoms with van der Waals surface area (Å²) in [7, 11) is 3.80. The molecule has 1 aliphatic heterocycles. The molecule has 0 N–H and O–H groups in total. The topological polar surface area (TPSA) is 32.7 Å². The minimum Gasteiger partial charge on any atom is -0.383 e. The van der Waals surface area contributed by atoms with E-state index in [0.29, 0.717) is 22.7 Å². The van der Waals surface area contributed by atoms with E-state index in [0.717, 1.165) is 16.8 Å². The molecule has 0 radical (unpaired) electrons. The summed E-state index contributed by atoms with van der Waals surface area (Å²) in [6.07, 6.45) is 1.83. The van der Waals surface area contributed by atoms with Gasteiger partial charge in [-0.15, -0.1) is 0 Å². The number of ketones is 1. The molecule has 4 heteroatoms. The largest absolute Gasteiger partial charge is 0.383 e. The summed E-state index contributed by atoms with van der Waals surface area (Å²) in [5.74, 6) is 0.0140. The fourth-order valence-electron chi connectivity index (χ4n) is 2.68. The first-order valence-electron chi connectivity index (χ1n) is 7.38. The summed E-state index contributed by atoms with van der Waals surface area (Å²) in [6.45, 7) is 0.340. The van der Waals surface area contributed by atoms with Gasteiger partial charge in [0.15, 0.2) is 5.78 Å². The minimum atomic E-state index is 0.0140. The first kappa shape index (κ1) is 15.5. The van der Waals surface area contributed by atoms with Gasteiger partial charge in [0.2, 0.25) is 0 Å². The zero-order valence-electron chi connectivity index (χ0n) is 13.1. The number of fused-ring (bicyclic) bond motifs is 1. The monoisotopic (exact) mass is 324 g/mol. The van der Waals surface area contributed by atoms with Crippen LogP contribution in [-0.4, -0.2) is 37.0 Å². The molecule has 0 bridgehead atoms. The molecule has 0 unspecified atom stereocenters. The lowest BCUT2D eigenvalue weighted by Crippen LogP contribution is -2.12. The van der Waals surface area contributed by atoms with E-state index in [-0.39, 0.29) is 5.78 Å². The van der Waals surface area contributed by atoms with E-state index < -0.39 is 0 Å². The highest BCUT2D eigenvalue weighted by Gasteiger charge is 2.24. The lowest BCUT2D eigenvalue weighted by atomic mass is 9.94. The molecule has 0 aromatic heterocycles. The zero-order chi connectivity index (χ0) is 16.4. The molecule has 23 heavy (non-hydrogen) atoms. The first-order chi connectivity index (χ1) is 11.1. The van der Waals surface area contributed by atoms with Gasteiger partial charge in [0.05, 0.1) is 12.3 Å². The van der Waals surface area contributed by atoms with Crippen LogP contribution in [0.2, 0.25) is 5.02 Å². The maximum Gasteiger partial charge on any atom is 0.193 e. The highest BCUT2D eigenvalue weighted by molar-refractivity contribution is 6.36. The van der Waals surface area contributed by atoms with Crippen molar-refractivity contribution in [3.63, 3.8) is 0 Å². The van der Waals surface area contributed by atoms with Crippen LogP contribution in [0, 0.1) is 0 Å². The Labute approximate surface area is 140 Å². The highest BCUT2D eigenvalue weighted by Crippen LogP contribution is 2.26. The van der Waals surface area contributed by atoms with E-state index in [2.05, 4.69) is 0 Å². The predicted octanol–water partition coefficient (Wildman–Crippen LogP) is 3.82. The predicted molar refractivity (Wildman–Crippen MR) is 94.5 cm³/mol. The Kier molecular flexibility index (Phi) is 4.30. The first-order valence-corrected chi connectivity index (χ1v) is 7.76. The Morgan fingerprint density at radius 3 is 2.26 bits per heavy atom. The van der Waals surface area contributed by atoms with Gasteiger partial charge >= 0.3 is 0 Å². The lowest BCUT2D eigenvalue weighted by molar-refractivity contribution is 0.103. The van der Waals surface area contributed by atoms with Crippen LogP contribution in [-0.2, 0) is 0 Å². The summed E-state index contributed by atoms with van der Waals surface area (Å²) in [5, 5.41) is 0.633. The molecule has 0 spiro atoms. The summed E-state index contributed by atoms with van der Waals surface area (Å²) in [4.78, 5) is 19.4. The number of aliphatic imine (C=N–C) groups is 1. The molecule has 2 aromatic carbocycles. The molecule has 0 saturated heterocycles. The van der Waals surface area contributed by atoms with Crippen molar-refractivity contribution in [2.45, 2.75) is 0 Å². The lowest BCUT2D eigenvalue weighted by Gasteiger charge is -2.10. The van der Waals surface area contributed by atoms with Gasteiger partial charge in [0, 0.05) is 47.6 Å². The molecule has 1 heterocycles. The van der Waals surface area contributed by atoms with E-state index in [9.17, 15) is 4.79 Å². The Bertz CT molecular complexity index is 822. The third-order valence-corrected chi connectivity index (χ3v) is 4.00. The van der Waals surface area contributed by atoms with E-state index in [1.165, 1.54) is 0 Å². The van der Waals surface area contributed by atoms with Gasteiger partial charge < -0.3 is 4.90 Å². The Morgan fingerprint density at radius 1 is 1.00 bits per heavy atom. The summed E-state index contributed by atoms with van der Waals surface area (Å²) in [5.41, 5.74) is 3.77. The van der Waals surface area contributed by atoms with E-state index in [4.69, 9.17) is 16.6 Å². The van der Waals surface area contributed by atoms with E-state index >= 15 is 0 Å². The number of halogens is 1. The third-order valence-electron chi connectivity index (χ3n) is 3.67. The number of nitrogens with zero attached hydrogens (tertiary/aromatic N) is 2. The Hall–Kier alpha value is -2.39. The van der Waals surface area contributed by atoms with Crippen LogP contribution in [0.3, 0.4) is 0 Å². The van der Waals surface area contributed by atoms with Crippen LogP contribution >= 0.6 is 11.6 Å². The number of benzene rings is 2. The van der Waals surface area contributed by atoms with E-state index in [1.54, 1.807) is 0 Å². The zero-order valence-corrected chi connectivity index (χ0v) is 13.8. The van der Waals surface area contributed by atoms with Crippen LogP contribution in [0.4, 0.5) is 0 Å². The molecular formula is C19H17ClN2O. The second-order valence-corrected chi connectivity index (χ2v) is 6.04. The van der Waals surface area contributed by atoms with Gasteiger partial charge in [-0.1, -0.05) is 54.1 Å². The number of hydrogen-bond acceptors (Lipinski definition) is 3. The van der Waals surface area contributed by atoms with Gasteiger partial charge in [0.1, 0.15) is 0 Å². The number of Topliss-reactive ketones (excluding diaryl/α,β-unsaturated/α-hetero) is 1. The van der Waals surface area contributed by atoms with Crippen molar-refractivity contribution < 1.29 is 4.79 Å². The standard InChI is InChI=1S/C19H17ClN2O/c1-22(2)12-13-11-21-18(16-9-5-6-10-17(16)20)14-7-3-4-8-15(14)19(13)23/h3-10,12H,11H2,1-2H3/b13-12+. The van der Waals surface area contributed by atoms with Crippen LogP contribution < -0.4 is 0 Å². The number of carbonyl (C=O) groups is 1. The normalized spacial score (nSPS) is 15.9. The van der Waals surface area contributed by atoms with Gasteiger partial charge in [-0.05, 0) is 6.07 Å². The number of hydrogen-bond donors (Lipinski definition) is 0. The smallest absolute Gasteiger partial charge is 0.193 e. The van der Waals surface area contributed by atoms with Crippen molar-refractivity contribution in [3.05, 3.63) is 82.0 Å². The van der Waals surface area contributed by atoms with Crippen molar-refractivity contribution >= 4 is 23.1 Å². The quantitative estimate of drug-likeness (QED) is 0.787. The van der Waals surface area contributed by atoms with Crippen LogP contribution in [0.5, 0.6) is 0 Å². The van der Waals surface area contributed by atoms with E-state index in [1.807, 2.05) is 73.7 Å². The molecule has 0 fully saturated rings. The maximum atomic E-state index is 12.8. The molecule has 0 aliphatic carbocycles. The summed E-state index contributed by atoms with van der Waals surface area (Å²) in [6, 6.07) is 15.1. The molecule has 116 valence electrons. The van der Waals surface area contributed by atoms with Crippen molar-refractivity contribution in [2.24, 2.45) is 4.99 Å². The van der Waals surface area contributed by atoms with Gasteiger partial charge in [-0.25, -0.2) is 0 Å². The molecule has 1 aliphatic rings. The van der Waals surface area contributed by atoms with Crippen LogP contribution in [0.15, 0.2) is 65.3 Å². The molecule has 0 saturated carbocycles. The molecule has 3 nitrogen and oxygen atoms in total. The average molecular weight is 325 g/mol. The molecule has 0 atom stereocenters. The summed E-state index contributed by atoms with van der Waals surface area (Å²) >= 11 is 6.35. The molecular weight excluding hydrogens is 308 g/mol. The van der Waals surface area contributed by atoms with Crippen LogP contribution in [0.25, 0.3) is 0 Å². The van der Waals surface area contributed by atoms with Crippen LogP contribution in [0.1, 0.15) is 21.5 Å². The van der Waals surface area contributed by atoms with Gasteiger partial charge in [-0.3, -0.25) is 9.79 Å².